The molecule has 0 radical (unpaired) electrons. The minimum Gasteiger partial charge on any atom is -0.473 e. The van der Waals surface area contributed by atoms with Crippen LogP contribution in [0.5, 0.6) is 5.88 Å². The van der Waals surface area contributed by atoms with Crippen molar-refractivity contribution >= 4 is 23.2 Å². The number of nitrogens with zero attached hydrogens (tertiary/aromatic N) is 1. The Labute approximate surface area is 117 Å². The van der Waals surface area contributed by atoms with Crippen LogP contribution >= 0.6 is 23.2 Å². The fourth-order valence-electron chi connectivity index (χ4n) is 1.57. The van der Waals surface area contributed by atoms with Gasteiger partial charge in [-0.1, -0.05) is 29.8 Å². The zero-order valence-electron chi connectivity index (χ0n) is 9.99. The molecule has 2 nitrogen and oxygen atoms in total. The minimum absolute atomic E-state index is 0.452. The second kappa shape index (κ2) is 6.07. The molecule has 94 valence electrons. The van der Waals surface area contributed by atoms with Gasteiger partial charge in [0.05, 0.1) is 0 Å². The Morgan fingerprint density at radius 1 is 1.22 bits per heavy atom. The lowest BCUT2D eigenvalue weighted by molar-refractivity contribution is 0.293. The summed E-state index contributed by atoms with van der Waals surface area (Å²) >= 11 is 11.7. The number of hydrogen-bond donors (Lipinski definition) is 0. The largest absolute Gasteiger partial charge is 0.473 e. The summed E-state index contributed by atoms with van der Waals surface area (Å²) in [4.78, 5) is 4.34. The highest BCUT2D eigenvalue weighted by Crippen LogP contribution is 2.16. The molecule has 0 bridgehead atoms. The Balaban J connectivity index is 2.04. The number of benzene rings is 1. The summed E-state index contributed by atoms with van der Waals surface area (Å²) in [5, 5.41) is 0.706. The van der Waals surface area contributed by atoms with Gasteiger partial charge in [-0.3, -0.25) is 0 Å². The topological polar surface area (TPSA) is 22.1 Å². The molecule has 0 aliphatic heterocycles. The van der Waals surface area contributed by atoms with Crippen molar-refractivity contribution in [2.75, 3.05) is 0 Å². The molecule has 0 N–H and O–H groups in total. The fourth-order valence-corrected chi connectivity index (χ4v) is 2.07. The number of hydrogen-bond acceptors (Lipinski definition) is 2. The van der Waals surface area contributed by atoms with E-state index in [1.165, 1.54) is 0 Å². The third-order valence-electron chi connectivity index (χ3n) is 2.59. The molecule has 1 heterocycles. The quantitative estimate of drug-likeness (QED) is 0.777. The first kappa shape index (κ1) is 13.2. The van der Waals surface area contributed by atoms with Crippen LogP contribution in [0.1, 0.15) is 16.8 Å². The molecule has 4 heteroatoms. The standard InChI is InChI=1S/C14H13Cl2NO/c1-10-12(8-15)5-6-14(17-10)18-9-11-3-2-4-13(16)7-11/h2-7H,8-9H2,1H3. The molecule has 0 amide bonds. The van der Waals surface area contributed by atoms with Crippen LogP contribution in [0.3, 0.4) is 0 Å². The summed E-state index contributed by atoms with van der Waals surface area (Å²) in [5.74, 6) is 1.06. The average Bonchev–Trinajstić information content (AvgIpc) is 2.37. The third-order valence-corrected chi connectivity index (χ3v) is 3.11. The maximum Gasteiger partial charge on any atom is 0.213 e. The van der Waals surface area contributed by atoms with Crippen molar-refractivity contribution in [3.05, 3.63) is 58.2 Å². The lowest BCUT2D eigenvalue weighted by Crippen LogP contribution is -1.99. The molecule has 0 fully saturated rings. The van der Waals surface area contributed by atoms with E-state index in [0.717, 1.165) is 16.8 Å². The first-order valence-electron chi connectivity index (χ1n) is 5.59. The number of rotatable bonds is 4. The number of aromatic nitrogens is 1. The van der Waals surface area contributed by atoms with Crippen molar-refractivity contribution in [2.24, 2.45) is 0 Å². The second-order valence-electron chi connectivity index (χ2n) is 3.95. The van der Waals surface area contributed by atoms with Crippen LogP contribution in [0.25, 0.3) is 0 Å². The SMILES string of the molecule is Cc1nc(OCc2cccc(Cl)c2)ccc1CCl. The van der Waals surface area contributed by atoms with Crippen molar-refractivity contribution in [1.82, 2.24) is 4.98 Å². The van der Waals surface area contributed by atoms with E-state index in [9.17, 15) is 0 Å². The van der Waals surface area contributed by atoms with Crippen LogP contribution in [0.2, 0.25) is 5.02 Å². The highest BCUT2D eigenvalue weighted by molar-refractivity contribution is 6.30. The highest BCUT2D eigenvalue weighted by atomic mass is 35.5. The fraction of sp³-hybridized carbons (Fsp3) is 0.214. The van der Waals surface area contributed by atoms with E-state index in [1.54, 1.807) is 0 Å². The minimum atomic E-state index is 0.452. The van der Waals surface area contributed by atoms with Gasteiger partial charge in [0, 0.05) is 22.7 Å². The van der Waals surface area contributed by atoms with Gasteiger partial charge in [-0.05, 0) is 30.2 Å². The van der Waals surface area contributed by atoms with Crippen LogP contribution in [-0.4, -0.2) is 4.98 Å². The summed E-state index contributed by atoms with van der Waals surface area (Å²) in [6.45, 7) is 2.37. The van der Waals surface area contributed by atoms with Gasteiger partial charge in [-0.15, -0.1) is 11.6 Å². The number of pyridine rings is 1. The van der Waals surface area contributed by atoms with Crippen molar-refractivity contribution in [3.8, 4) is 5.88 Å². The Kier molecular flexibility index (Phi) is 4.45. The van der Waals surface area contributed by atoms with Gasteiger partial charge in [-0.25, -0.2) is 4.98 Å². The number of ether oxygens (including phenoxy) is 1. The normalized spacial score (nSPS) is 10.4. The van der Waals surface area contributed by atoms with Gasteiger partial charge in [0.1, 0.15) is 6.61 Å². The monoisotopic (exact) mass is 281 g/mol. The molecule has 18 heavy (non-hydrogen) atoms. The smallest absolute Gasteiger partial charge is 0.213 e. The first-order chi connectivity index (χ1) is 8.69. The van der Waals surface area contributed by atoms with Gasteiger partial charge >= 0.3 is 0 Å². The highest BCUT2D eigenvalue weighted by Gasteiger charge is 2.02. The first-order valence-corrected chi connectivity index (χ1v) is 6.50. The molecule has 0 spiro atoms. The molecular weight excluding hydrogens is 269 g/mol. The molecule has 2 aromatic rings. The molecule has 1 aromatic carbocycles. The Morgan fingerprint density at radius 2 is 2.06 bits per heavy atom. The Hall–Kier alpha value is -1.25. The van der Waals surface area contributed by atoms with Crippen molar-refractivity contribution in [1.29, 1.82) is 0 Å². The van der Waals surface area contributed by atoms with Gasteiger partial charge in [0.15, 0.2) is 0 Å². The number of alkyl halides is 1. The van der Waals surface area contributed by atoms with Crippen molar-refractivity contribution < 1.29 is 4.74 Å². The molecule has 0 saturated carbocycles. The zero-order chi connectivity index (χ0) is 13.0. The van der Waals surface area contributed by atoms with E-state index in [4.69, 9.17) is 27.9 Å². The lowest BCUT2D eigenvalue weighted by atomic mass is 10.2. The van der Waals surface area contributed by atoms with Gasteiger partial charge < -0.3 is 4.74 Å². The Morgan fingerprint density at radius 3 is 2.72 bits per heavy atom. The van der Waals surface area contributed by atoms with Crippen LogP contribution in [-0.2, 0) is 12.5 Å². The van der Waals surface area contributed by atoms with E-state index in [-0.39, 0.29) is 0 Å². The van der Waals surface area contributed by atoms with Gasteiger partial charge in [-0.2, -0.15) is 0 Å². The summed E-state index contributed by atoms with van der Waals surface area (Å²) in [6, 6.07) is 11.3. The van der Waals surface area contributed by atoms with E-state index in [0.29, 0.717) is 23.4 Å². The summed E-state index contributed by atoms with van der Waals surface area (Å²) in [6.07, 6.45) is 0. The molecule has 0 aliphatic carbocycles. The lowest BCUT2D eigenvalue weighted by Gasteiger charge is -2.08. The molecule has 0 aliphatic rings. The predicted octanol–water partition coefficient (Wildman–Crippen LogP) is 4.36. The molecular formula is C14H13Cl2NO. The molecule has 0 unspecified atom stereocenters. The Bertz CT molecular complexity index is 543. The molecule has 1 aromatic heterocycles. The van der Waals surface area contributed by atoms with E-state index < -0.39 is 0 Å². The summed E-state index contributed by atoms with van der Waals surface area (Å²) < 4.78 is 5.61. The maximum atomic E-state index is 5.91. The molecule has 2 rings (SSSR count). The number of aryl methyl sites for hydroxylation is 1. The molecule has 0 atom stereocenters. The third kappa shape index (κ3) is 3.37. The molecule has 0 saturated heterocycles. The van der Waals surface area contributed by atoms with E-state index in [2.05, 4.69) is 4.98 Å². The zero-order valence-corrected chi connectivity index (χ0v) is 11.5. The van der Waals surface area contributed by atoms with Crippen LogP contribution < -0.4 is 4.74 Å². The van der Waals surface area contributed by atoms with Crippen LogP contribution in [0.15, 0.2) is 36.4 Å². The second-order valence-corrected chi connectivity index (χ2v) is 4.65. The van der Waals surface area contributed by atoms with E-state index in [1.807, 2.05) is 43.3 Å². The van der Waals surface area contributed by atoms with Crippen molar-refractivity contribution in [3.63, 3.8) is 0 Å². The van der Waals surface area contributed by atoms with Crippen LogP contribution in [0, 0.1) is 6.92 Å². The average molecular weight is 282 g/mol. The summed E-state index contributed by atoms with van der Waals surface area (Å²) in [7, 11) is 0. The van der Waals surface area contributed by atoms with E-state index >= 15 is 0 Å². The van der Waals surface area contributed by atoms with Gasteiger partial charge in [0.2, 0.25) is 5.88 Å². The number of halogens is 2. The van der Waals surface area contributed by atoms with Crippen LogP contribution in [0.4, 0.5) is 0 Å². The predicted molar refractivity (Wildman–Crippen MR) is 74.3 cm³/mol. The maximum absolute atomic E-state index is 5.91. The van der Waals surface area contributed by atoms with Crippen molar-refractivity contribution in [2.45, 2.75) is 19.4 Å². The van der Waals surface area contributed by atoms with Gasteiger partial charge in [0.25, 0.3) is 0 Å². The summed E-state index contributed by atoms with van der Waals surface area (Å²) in [5.41, 5.74) is 2.93.